The fraction of sp³-hybridized carbons (Fsp3) is 0.500. The van der Waals surface area contributed by atoms with Gasteiger partial charge >= 0.3 is 12.2 Å². The van der Waals surface area contributed by atoms with E-state index in [2.05, 4.69) is 12.2 Å². The lowest BCUT2D eigenvalue weighted by molar-refractivity contribution is -0.322. The van der Waals surface area contributed by atoms with Gasteiger partial charge in [0.2, 0.25) is 0 Å². The van der Waals surface area contributed by atoms with Gasteiger partial charge in [0.15, 0.2) is 5.69 Å². The molecule has 1 saturated carbocycles. The van der Waals surface area contributed by atoms with E-state index in [1.54, 1.807) is 17.3 Å². The topological polar surface area (TPSA) is 65.0 Å². The number of para-hydroxylation sites is 1. The van der Waals surface area contributed by atoms with Crippen molar-refractivity contribution in [2.45, 2.75) is 69.7 Å². The Hall–Kier alpha value is -2.76. The molecule has 2 heterocycles. The maximum Gasteiger partial charge on any atom is 0.471 e. The number of unbranched alkanes of at least 4 members (excludes halogenated alkanes) is 1. The molecule has 2 fully saturated rings. The Morgan fingerprint density at radius 3 is 2.50 bits per heavy atom. The van der Waals surface area contributed by atoms with Gasteiger partial charge in [0, 0.05) is 29.9 Å². The second kappa shape index (κ2) is 11.3. The number of hydrogen-bond donors (Lipinski definition) is 2. The molecule has 7 nitrogen and oxygen atoms in total. The summed E-state index contributed by atoms with van der Waals surface area (Å²) in [6.07, 6.45) is 3.33. The molecule has 0 radical (unpaired) electrons. The number of rotatable bonds is 9. The van der Waals surface area contributed by atoms with Crippen LogP contribution >= 0.6 is 0 Å². The van der Waals surface area contributed by atoms with Crippen molar-refractivity contribution in [1.29, 1.82) is 0 Å². The molecule has 0 aromatic heterocycles. The summed E-state index contributed by atoms with van der Waals surface area (Å²) in [6.45, 7) is 3.33. The number of hydrogen-bond acceptors (Lipinski definition) is 5. The fourth-order valence-electron chi connectivity index (χ4n) is 6.15. The average molecular weight is 560 g/mol. The molecule has 0 bridgehead atoms. The first kappa shape index (κ1) is 28.8. The summed E-state index contributed by atoms with van der Waals surface area (Å²) in [5.41, 5.74) is 1.60. The van der Waals surface area contributed by atoms with Crippen molar-refractivity contribution in [3.05, 3.63) is 71.3 Å². The standard InChI is InChI=1S/C30H38F3N4O3/c1-3-4-9-24(38)20-34-21-29(17-7-8-18-29)36-28(39)37(2)27-11-6-5-10-26(27)25(16-19-35(37)40-36)22-12-14-23(15-13-22)30(31,32)33/h5-6,10-16,24,34,38H,3-4,7-9,17-21H2,1-2H3/q+1. The van der Waals surface area contributed by atoms with Crippen molar-refractivity contribution in [3.63, 3.8) is 0 Å². The van der Waals surface area contributed by atoms with E-state index in [1.807, 2.05) is 30.3 Å². The van der Waals surface area contributed by atoms with Crippen LogP contribution in [-0.4, -0.2) is 59.7 Å². The zero-order valence-corrected chi connectivity index (χ0v) is 23.1. The molecule has 1 saturated heterocycles. The number of benzene rings is 2. The number of hydroxylamine groups is 3. The van der Waals surface area contributed by atoms with Crippen LogP contribution in [0.5, 0.6) is 0 Å². The van der Waals surface area contributed by atoms with E-state index in [9.17, 15) is 23.1 Å². The van der Waals surface area contributed by atoms with E-state index < -0.39 is 23.4 Å². The molecule has 2 aromatic carbocycles. The van der Waals surface area contributed by atoms with Gasteiger partial charge in [-0.25, -0.2) is 4.79 Å². The molecule has 5 rings (SSSR count). The summed E-state index contributed by atoms with van der Waals surface area (Å²) in [7, 11) is 1.80. The van der Waals surface area contributed by atoms with Gasteiger partial charge in [0.05, 0.1) is 23.8 Å². The van der Waals surface area contributed by atoms with Crippen LogP contribution in [0.2, 0.25) is 0 Å². The highest BCUT2D eigenvalue weighted by Crippen LogP contribution is 2.46. The number of nitrogens with one attached hydrogen (secondary N) is 1. The minimum Gasteiger partial charge on any atom is -0.392 e. The Morgan fingerprint density at radius 1 is 1.12 bits per heavy atom. The number of carbonyl (C=O) groups is 1. The van der Waals surface area contributed by atoms with Crippen LogP contribution in [0, 0.1) is 0 Å². The molecule has 2 unspecified atom stereocenters. The molecular weight excluding hydrogens is 521 g/mol. The summed E-state index contributed by atoms with van der Waals surface area (Å²) in [6, 6.07) is 12.4. The number of urea groups is 1. The van der Waals surface area contributed by atoms with Crippen LogP contribution in [0.25, 0.3) is 5.57 Å². The molecule has 2 aliphatic heterocycles. The Bertz CT molecular complexity index is 1240. The Morgan fingerprint density at radius 2 is 1.82 bits per heavy atom. The van der Waals surface area contributed by atoms with Crippen molar-refractivity contribution in [2.75, 3.05) is 26.7 Å². The number of quaternary nitrogens is 1. The van der Waals surface area contributed by atoms with Crippen molar-refractivity contribution >= 4 is 17.3 Å². The summed E-state index contributed by atoms with van der Waals surface area (Å²) in [5, 5.41) is 16.9. The van der Waals surface area contributed by atoms with E-state index in [4.69, 9.17) is 4.94 Å². The maximum atomic E-state index is 14.3. The largest absolute Gasteiger partial charge is 0.471 e. The molecule has 3 aliphatic rings. The van der Waals surface area contributed by atoms with Crippen LogP contribution in [0.4, 0.5) is 23.7 Å². The zero-order chi connectivity index (χ0) is 28.5. The third-order valence-corrected chi connectivity index (χ3v) is 8.50. The van der Waals surface area contributed by atoms with Gasteiger partial charge in [-0.1, -0.05) is 62.9 Å². The van der Waals surface area contributed by atoms with Gasteiger partial charge < -0.3 is 10.4 Å². The predicted octanol–water partition coefficient (Wildman–Crippen LogP) is 6.04. The van der Waals surface area contributed by atoms with E-state index in [0.29, 0.717) is 24.3 Å². The first-order valence-electron chi connectivity index (χ1n) is 14.1. The van der Waals surface area contributed by atoms with E-state index in [0.717, 1.165) is 68.2 Å². The quantitative estimate of drug-likeness (QED) is 0.367. The molecule has 2 N–H and O–H groups in total. The lowest BCUT2D eigenvalue weighted by Crippen LogP contribution is -2.60. The number of fused-ring (bicyclic) bond motifs is 3. The molecule has 40 heavy (non-hydrogen) atoms. The highest BCUT2D eigenvalue weighted by molar-refractivity contribution is 5.94. The van der Waals surface area contributed by atoms with Crippen LogP contribution in [0.15, 0.2) is 54.6 Å². The SMILES string of the molecule is CCCCC(O)CNCC1(N2ON3CC=C(c4ccc(C(F)(F)F)cc4)c4ccccc4[N+]3(C)C2=O)CCCC1. The number of aliphatic hydroxyl groups excluding tert-OH is 1. The minimum atomic E-state index is -4.41. The number of halogens is 3. The van der Waals surface area contributed by atoms with Crippen molar-refractivity contribution in [2.24, 2.45) is 0 Å². The molecule has 1 aliphatic carbocycles. The summed E-state index contributed by atoms with van der Waals surface area (Å²) < 4.78 is 39.3. The molecule has 2 amide bonds. The molecular formula is C30H38F3N4O3+. The molecule has 2 atom stereocenters. The fourth-order valence-corrected chi connectivity index (χ4v) is 6.15. The Balaban J connectivity index is 1.43. The minimum absolute atomic E-state index is 0.218. The van der Waals surface area contributed by atoms with Gasteiger partial charge in [-0.05, 0) is 48.6 Å². The number of alkyl halides is 3. The third-order valence-electron chi connectivity index (χ3n) is 8.50. The van der Waals surface area contributed by atoms with Gasteiger partial charge in [-0.15, -0.1) is 14.6 Å². The molecule has 2 aromatic rings. The second-order valence-electron chi connectivity index (χ2n) is 11.2. The molecule has 0 spiro atoms. The smallest absolute Gasteiger partial charge is 0.392 e. The van der Waals surface area contributed by atoms with Gasteiger partial charge in [-0.3, -0.25) is 0 Å². The first-order valence-corrected chi connectivity index (χ1v) is 14.1. The molecule has 216 valence electrons. The summed E-state index contributed by atoms with van der Waals surface area (Å²) in [4.78, 5) is 20.7. The van der Waals surface area contributed by atoms with Gasteiger partial charge in [-0.2, -0.15) is 13.2 Å². The first-order chi connectivity index (χ1) is 19.1. The summed E-state index contributed by atoms with van der Waals surface area (Å²) in [5.74, 6) is 0. The van der Waals surface area contributed by atoms with Crippen molar-refractivity contribution < 1.29 is 28.0 Å². The highest BCUT2D eigenvalue weighted by atomic mass is 19.4. The van der Waals surface area contributed by atoms with E-state index in [-0.39, 0.29) is 17.2 Å². The van der Waals surface area contributed by atoms with Crippen LogP contribution < -0.4 is 9.91 Å². The maximum absolute atomic E-state index is 14.3. The number of carbonyl (C=O) groups excluding carboxylic acids is 1. The van der Waals surface area contributed by atoms with Crippen LogP contribution in [-0.2, 0) is 11.1 Å². The predicted molar refractivity (Wildman–Crippen MR) is 147 cm³/mol. The lowest BCUT2D eigenvalue weighted by atomic mass is 9.94. The Kier molecular flexibility index (Phi) is 8.09. The van der Waals surface area contributed by atoms with E-state index >= 15 is 0 Å². The monoisotopic (exact) mass is 559 g/mol. The number of amides is 2. The third kappa shape index (κ3) is 5.19. The van der Waals surface area contributed by atoms with Crippen molar-refractivity contribution in [3.8, 4) is 0 Å². The summed E-state index contributed by atoms with van der Waals surface area (Å²) >= 11 is 0. The number of nitrogens with zero attached hydrogens (tertiary/aromatic N) is 3. The average Bonchev–Trinajstić information content (AvgIpc) is 3.48. The van der Waals surface area contributed by atoms with Crippen molar-refractivity contribution in [1.82, 2.24) is 20.1 Å². The lowest BCUT2D eigenvalue weighted by Gasteiger charge is -2.34. The Labute approximate surface area is 233 Å². The van der Waals surface area contributed by atoms with E-state index in [1.165, 1.54) is 12.1 Å². The highest BCUT2D eigenvalue weighted by Gasteiger charge is 2.62. The number of aliphatic hydroxyl groups is 1. The second-order valence-corrected chi connectivity index (χ2v) is 11.2. The normalized spacial score (nSPS) is 23.5. The van der Waals surface area contributed by atoms with Gasteiger partial charge in [0.1, 0.15) is 7.05 Å². The van der Waals surface area contributed by atoms with Crippen LogP contribution in [0.1, 0.15) is 68.6 Å². The van der Waals surface area contributed by atoms with Crippen LogP contribution in [0.3, 0.4) is 0 Å². The molecule has 10 heteroatoms. The van der Waals surface area contributed by atoms with Gasteiger partial charge in [0.25, 0.3) is 0 Å². The zero-order valence-electron chi connectivity index (χ0n) is 23.1.